The number of nitro groups is 1. The third kappa shape index (κ3) is 5.99. The normalized spacial score (nSPS) is 21.5. The first kappa shape index (κ1) is 23.9. The van der Waals surface area contributed by atoms with Crippen molar-refractivity contribution in [2.45, 2.75) is 57.0 Å². The molecule has 182 valence electrons. The van der Waals surface area contributed by atoms with Gasteiger partial charge in [-0.05, 0) is 56.4 Å². The Balaban J connectivity index is 1.54. The van der Waals surface area contributed by atoms with Crippen LogP contribution in [0.15, 0.2) is 36.5 Å². The summed E-state index contributed by atoms with van der Waals surface area (Å²) >= 11 is 0. The zero-order valence-corrected chi connectivity index (χ0v) is 19.4. The maximum atomic E-state index is 13.4. The molecule has 0 spiro atoms. The Bertz CT molecular complexity index is 974. The van der Waals surface area contributed by atoms with Gasteiger partial charge in [0, 0.05) is 25.7 Å². The lowest BCUT2D eigenvalue weighted by molar-refractivity contribution is -0.384. The molecule has 1 atom stereocenters. The second-order valence-electron chi connectivity index (χ2n) is 9.22. The molecule has 0 bridgehead atoms. The molecule has 1 aromatic carbocycles. The van der Waals surface area contributed by atoms with Gasteiger partial charge < -0.3 is 21.3 Å². The van der Waals surface area contributed by atoms with Gasteiger partial charge in [0.05, 0.1) is 4.92 Å². The lowest BCUT2D eigenvalue weighted by Crippen LogP contribution is -2.41. The quantitative estimate of drug-likeness (QED) is 0.396. The van der Waals surface area contributed by atoms with E-state index in [0.717, 1.165) is 63.6 Å². The Morgan fingerprint density at radius 1 is 1.15 bits per heavy atom. The molecule has 0 unspecified atom stereocenters. The molecule has 1 amide bonds. The van der Waals surface area contributed by atoms with Crippen molar-refractivity contribution in [2.24, 2.45) is 11.7 Å². The van der Waals surface area contributed by atoms with Gasteiger partial charge in [0.25, 0.3) is 0 Å². The molecule has 4 rings (SSSR count). The van der Waals surface area contributed by atoms with Crippen LogP contribution in [0.4, 0.5) is 17.5 Å². The van der Waals surface area contributed by atoms with E-state index in [4.69, 9.17) is 5.73 Å². The Labute approximate surface area is 199 Å². The Kier molecular flexibility index (Phi) is 7.89. The van der Waals surface area contributed by atoms with Crippen molar-refractivity contribution in [1.29, 1.82) is 0 Å². The Morgan fingerprint density at radius 2 is 1.85 bits per heavy atom. The molecule has 2 heterocycles. The average Bonchev–Trinajstić information content (AvgIpc) is 2.87. The fourth-order valence-electron chi connectivity index (χ4n) is 4.70. The number of likely N-dealkylation sites (tertiary alicyclic amines) is 1. The topological polar surface area (TPSA) is 139 Å². The molecule has 2 aromatic rings. The van der Waals surface area contributed by atoms with Crippen LogP contribution in [0.1, 0.15) is 56.6 Å². The van der Waals surface area contributed by atoms with E-state index in [9.17, 15) is 14.9 Å². The van der Waals surface area contributed by atoms with Gasteiger partial charge in [0.2, 0.25) is 17.7 Å². The zero-order valence-electron chi connectivity index (χ0n) is 19.4. The maximum absolute atomic E-state index is 13.4. The third-order valence-electron chi connectivity index (χ3n) is 6.74. The molecule has 2 aliphatic rings. The molecule has 1 aliphatic heterocycles. The van der Waals surface area contributed by atoms with Crippen molar-refractivity contribution in [1.82, 2.24) is 14.9 Å². The largest absolute Gasteiger partial charge is 0.364 e. The smallest absolute Gasteiger partial charge is 0.329 e. The lowest BCUT2D eigenvalue weighted by atomic mass is 9.86. The summed E-state index contributed by atoms with van der Waals surface area (Å²) < 4.78 is 0. The number of hydrogen-bond donors (Lipinski definition) is 3. The first-order valence-corrected chi connectivity index (χ1v) is 12.1. The maximum Gasteiger partial charge on any atom is 0.329 e. The van der Waals surface area contributed by atoms with Crippen molar-refractivity contribution < 1.29 is 9.72 Å². The average molecular weight is 468 g/mol. The summed E-state index contributed by atoms with van der Waals surface area (Å²) in [4.78, 5) is 34.9. The molecular weight excluding hydrogens is 434 g/mol. The highest BCUT2D eigenvalue weighted by molar-refractivity contribution is 5.86. The summed E-state index contributed by atoms with van der Waals surface area (Å²) in [5.74, 6) is 0.692. The van der Waals surface area contributed by atoms with Gasteiger partial charge >= 0.3 is 5.69 Å². The lowest BCUT2D eigenvalue weighted by Gasteiger charge is -2.31. The molecule has 34 heavy (non-hydrogen) atoms. The minimum absolute atomic E-state index is 0.0408. The molecule has 4 N–H and O–H groups in total. The third-order valence-corrected chi connectivity index (χ3v) is 6.74. The van der Waals surface area contributed by atoms with Gasteiger partial charge in [-0.15, -0.1) is 0 Å². The van der Waals surface area contributed by atoms with E-state index in [1.807, 2.05) is 35.2 Å². The van der Waals surface area contributed by atoms with E-state index < -0.39 is 11.0 Å². The van der Waals surface area contributed by atoms with Crippen molar-refractivity contribution >= 4 is 23.4 Å². The highest BCUT2D eigenvalue weighted by Gasteiger charge is 2.29. The van der Waals surface area contributed by atoms with Crippen molar-refractivity contribution in [3.8, 4) is 0 Å². The second kappa shape index (κ2) is 11.2. The molecule has 1 aromatic heterocycles. The fourth-order valence-corrected chi connectivity index (χ4v) is 4.70. The highest BCUT2D eigenvalue weighted by Crippen LogP contribution is 2.28. The molecule has 2 fully saturated rings. The summed E-state index contributed by atoms with van der Waals surface area (Å²) in [5.41, 5.74) is 6.61. The van der Waals surface area contributed by atoms with Crippen LogP contribution in [-0.4, -0.2) is 51.4 Å². The van der Waals surface area contributed by atoms with Gasteiger partial charge in [0.15, 0.2) is 0 Å². The van der Waals surface area contributed by atoms with Gasteiger partial charge in [0.1, 0.15) is 12.2 Å². The van der Waals surface area contributed by atoms with E-state index in [0.29, 0.717) is 12.5 Å². The van der Waals surface area contributed by atoms with Crippen LogP contribution in [0.25, 0.3) is 0 Å². The summed E-state index contributed by atoms with van der Waals surface area (Å²) in [6.07, 6.45) is 8.19. The number of benzene rings is 1. The van der Waals surface area contributed by atoms with Gasteiger partial charge in [-0.1, -0.05) is 30.3 Å². The molecule has 1 aliphatic carbocycles. The number of nitrogens with two attached hydrogens (primary N) is 1. The van der Waals surface area contributed by atoms with E-state index >= 15 is 0 Å². The first-order chi connectivity index (χ1) is 16.5. The molecule has 1 saturated heterocycles. The van der Waals surface area contributed by atoms with Crippen molar-refractivity contribution in [2.75, 3.05) is 30.3 Å². The van der Waals surface area contributed by atoms with Crippen LogP contribution >= 0.6 is 0 Å². The molecule has 10 nitrogen and oxygen atoms in total. The number of nitrogens with zero attached hydrogens (tertiary/aromatic N) is 4. The standard InChI is InChI=1S/C24H33N7O3/c25-19-11-9-17(10-12-19)15-26-22-20(31(33)34)16-27-24(29-22)28-21(18-7-3-1-4-8-18)23(32)30-13-5-2-6-14-30/h1,3-4,7-8,16-17,19,21H,2,5-6,9-15,25H2,(H2,26,27,28,29)/t17?,19?,21-/m1/s1. The SMILES string of the molecule is NC1CCC(CNc2nc(N[C@@H](C(=O)N3CCCCC3)c3ccccc3)ncc2[N+](=O)[O-])CC1. The molecular formula is C24H33N7O3. The van der Waals surface area contributed by atoms with E-state index in [-0.39, 0.29) is 29.4 Å². The number of carbonyl (C=O) groups is 1. The number of nitrogens with one attached hydrogen (secondary N) is 2. The van der Waals surface area contributed by atoms with Crippen LogP contribution in [0, 0.1) is 16.0 Å². The molecule has 10 heteroatoms. The Hall–Kier alpha value is -3.27. The van der Waals surface area contributed by atoms with E-state index in [1.165, 1.54) is 6.20 Å². The van der Waals surface area contributed by atoms with Crippen LogP contribution in [0.5, 0.6) is 0 Å². The summed E-state index contributed by atoms with van der Waals surface area (Å²) in [7, 11) is 0. The number of carbonyl (C=O) groups excluding carboxylic acids is 1. The molecule has 1 saturated carbocycles. The number of hydrogen-bond acceptors (Lipinski definition) is 8. The van der Waals surface area contributed by atoms with E-state index in [1.54, 1.807) is 0 Å². The van der Waals surface area contributed by atoms with Gasteiger partial charge in [-0.3, -0.25) is 14.9 Å². The zero-order chi connectivity index (χ0) is 23.9. The number of anilines is 2. The van der Waals surface area contributed by atoms with Crippen molar-refractivity contribution in [3.63, 3.8) is 0 Å². The summed E-state index contributed by atoms with van der Waals surface area (Å²) in [6.45, 7) is 2.03. The first-order valence-electron chi connectivity index (χ1n) is 12.1. The van der Waals surface area contributed by atoms with Gasteiger partial charge in [-0.25, -0.2) is 4.98 Å². The van der Waals surface area contributed by atoms with Crippen LogP contribution in [-0.2, 0) is 4.79 Å². The second-order valence-corrected chi connectivity index (χ2v) is 9.22. The van der Waals surface area contributed by atoms with Crippen LogP contribution in [0.3, 0.4) is 0 Å². The Morgan fingerprint density at radius 3 is 2.53 bits per heavy atom. The van der Waals surface area contributed by atoms with Gasteiger partial charge in [-0.2, -0.15) is 4.98 Å². The van der Waals surface area contributed by atoms with E-state index in [2.05, 4.69) is 20.6 Å². The minimum atomic E-state index is -0.673. The summed E-state index contributed by atoms with van der Waals surface area (Å²) in [6, 6.07) is 9.01. The summed E-state index contributed by atoms with van der Waals surface area (Å²) in [5, 5.41) is 17.9. The number of rotatable bonds is 8. The predicted octanol–water partition coefficient (Wildman–Crippen LogP) is 3.48. The van der Waals surface area contributed by atoms with Crippen LogP contribution in [0.2, 0.25) is 0 Å². The number of aromatic nitrogens is 2. The number of piperidine rings is 1. The molecule has 0 radical (unpaired) electrons. The fraction of sp³-hybridized carbons (Fsp3) is 0.542. The predicted molar refractivity (Wildman–Crippen MR) is 130 cm³/mol. The highest BCUT2D eigenvalue weighted by atomic mass is 16.6. The van der Waals surface area contributed by atoms with Crippen LogP contribution < -0.4 is 16.4 Å². The number of amides is 1. The minimum Gasteiger partial charge on any atom is -0.364 e. The van der Waals surface area contributed by atoms with Crippen molar-refractivity contribution in [3.05, 3.63) is 52.2 Å². The monoisotopic (exact) mass is 467 g/mol.